The van der Waals surface area contributed by atoms with E-state index in [1.807, 2.05) is 0 Å². The Labute approximate surface area is 173 Å². The maximum atomic E-state index is 13.0. The Morgan fingerprint density at radius 2 is 1.97 bits per heavy atom. The highest BCUT2D eigenvalue weighted by atomic mass is 32.2. The molecule has 0 aliphatic carbocycles. The van der Waals surface area contributed by atoms with Crippen molar-refractivity contribution >= 4 is 35.0 Å². The van der Waals surface area contributed by atoms with E-state index in [-0.39, 0.29) is 17.5 Å². The number of halogens is 1. The topological polar surface area (TPSA) is 92.9 Å². The molecule has 1 aromatic carbocycles. The minimum absolute atomic E-state index is 0.203. The van der Waals surface area contributed by atoms with Crippen LogP contribution in [-0.4, -0.2) is 21.6 Å². The van der Waals surface area contributed by atoms with Crippen molar-refractivity contribution in [2.45, 2.75) is 24.9 Å². The van der Waals surface area contributed by atoms with Crippen molar-refractivity contribution in [3.05, 3.63) is 71.7 Å². The summed E-state index contributed by atoms with van der Waals surface area (Å²) in [5.41, 5.74) is 7.87. The van der Waals surface area contributed by atoms with Crippen molar-refractivity contribution in [3.63, 3.8) is 0 Å². The summed E-state index contributed by atoms with van der Waals surface area (Å²) in [5, 5.41) is 6.62. The molecule has 0 saturated carbocycles. The van der Waals surface area contributed by atoms with Crippen LogP contribution in [0.15, 0.2) is 59.8 Å². The molecule has 0 aliphatic rings. The second-order valence-corrected chi connectivity index (χ2v) is 7.35. The van der Waals surface area contributed by atoms with Crippen LogP contribution in [0.25, 0.3) is 0 Å². The zero-order valence-corrected chi connectivity index (χ0v) is 16.8. The maximum Gasteiger partial charge on any atom is 0.258 e. The average Bonchev–Trinajstić information content (AvgIpc) is 2.73. The largest absolute Gasteiger partial charge is 0.382 e. The Kier molecular flexibility index (Phi) is 7.02. The summed E-state index contributed by atoms with van der Waals surface area (Å²) in [4.78, 5) is 21.3. The second kappa shape index (κ2) is 9.88. The molecule has 0 unspecified atom stereocenters. The fraction of sp³-hybridized carbons (Fsp3) is 0.190. The number of carbonyl (C=O) groups is 1. The predicted octanol–water partition coefficient (Wildman–Crippen LogP) is 4.56. The maximum absolute atomic E-state index is 13.0. The molecule has 0 saturated heterocycles. The zero-order valence-electron chi connectivity index (χ0n) is 16.0. The first-order valence-corrected chi connectivity index (χ1v) is 10.2. The third kappa shape index (κ3) is 5.68. The van der Waals surface area contributed by atoms with Crippen molar-refractivity contribution < 1.29 is 9.18 Å². The molecule has 1 amide bonds. The molecule has 8 heteroatoms. The van der Waals surface area contributed by atoms with Crippen LogP contribution in [0.1, 0.15) is 29.3 Å². The highest BCUT2D eigenvalue weighted by Gasteiger charge is 2.14. The van der Waals surface area contributed by atoms with Crippen LogP contribution in [0.4, 0.5) is 21.7 Å². The fourth-order valence-electron chi connectivity index (χ4n) is 2.54. The number of nitrogen functional groups attached to an aromatic ring is 1. The number of rotatable bonds is 8. The van der Waals surface area contributed by atoms with Crippen LogP contribution in [0, 0.1) is 5.82 Å². The third-order valence-electron chi connectivity index (χ3n) is 4.02. The number of nitrogens with one attached hydrogen (secondary N) is 2. The number of thioether (sulfide) groups is 1. The second-order valence-electron chi connectivity index (χ2n) is 6.27. The first-order chi connectivity index (χ1) is 14.1. The first-order valence-electron chi connectivity index (χ1n) is 9.21. The SMILES string of the molecule is CCCSc1ncccc1C(=O)Nc1ccc(NCc2ccc(F)cc2)nc1N. The summed E-state index contributed by atoms with van der Waals surface area (Å²) >= 11 is 1.55. The van der Waals surface area contributed by atoms with E-state index in [2.05, 4.69) is 27.5 Å². The quantitative estimate of drug-likeness (QED) is 0.471. The van der Waals surface area contributed by atoms with Crippen LogP contribution in [0.2, 0.25) is 0 Å². The Morgan fingerprint density at radius 1 is 1.17 bits per heavy atom. The number of benzene rings is 1. The lowest BCUT2D eigenvalue weighted by atomic mass is 10.2. The van der Waals surface area contributed by atoms with Gasteiger partial charge in [-0.15, -0.1) is 11.8 Å². The number of anilines is 3. The van der Waals surface area contributed by atoms with Crippen LogP contribution < -0.4 is 16.4 Å². The van der Waals surface area contributed by atoms with E-state index in [0.717, 1.165) is 17.7 Å². The van der Waals surface area contributed by atoms with Gasteiger partial charge in [0, 0.05) is 12.7 Å². The van der Waals surface area contributed by atoms with Gasteiger partial charge in [0.2, 0.25) is 0 Å². The minimum atomic E-state index is -0.280. The van der Waals surface area contributed by atoms with Gasteiger partial charge < -0.3 is 16.4 Å². The molecular formula is C21H22FN5OS. The number of hydrogen-bond donors (Lipinski definition) is 3. The van der Waals surface area contributed by atoms with Crippen molar-refractivity contribution in [2.75, 3.05) is 22.1 Å². The average molecular weight is 412 g/mol. The monoisotopic (exact) mass is 411 g/mol. The Bertz CT molecular complexity index is 981. The highest BCUT2D eigenvalue weighted by Crippen LogP contribution is 2.24. The van der Waals surface area contributed by atoms with E-state index in [1.165, 1.54) is 12.1 Å². The molecule has 2 aromatic heterocycles. The van der Waals surface area contributed by atoms with Gasteiger partial charge in [-0.1, -0.05) is 19.1 Å². The fourth-order valence-corrected chi connectivity index (χ4v) is 3.39. The molecule has 4 N–H and O–H groups in total. The van der Waals surface area contributed by atoms with E-state index in [1.54, 1.807) is 54.4 Å². The summed E-state index contributed by atoms with van der Waals surface area (Å²) in [7, 11) is 0. The lowest BCUT2D eigenvalue weighted by Crippen LogP contribution is -2.15. The van der Waals surface area contributed by atoms with Crippen LogP contribution in [-0.2, 0) is 6.54 Å². The number of nitrogens with zero attached hydrogens (tertiary/aromatic N) is 2. The van der Waals surface area contributed by atoms with Crippen molar-refractivity contribution in [1.29, 1.82) is 0 Å². The van der Waals surface area contributed by atoms with Gasteiger partial charge >= 0.3 is 0 Å². The molecule has 29 heavy (non-hydrogen) atoms. The van der Waals surface area contributed by atoms with E-state index in [4.69, 9.17) is 5.73 Å². The molecule has 6 nitrogen and oxygen atoms in total. The van der Waals surface area contributed by atoms with Gasteiger partial charge in [0.05, 0.1) is 11.3 Å². The molecular weight excluding hydrogens is 389 g/mol. The molecule has 3 aromatic rings. The van der Waals surface area contributed by atoms with Crippen LogP contribution in [0.5, 0.6) is 0 Å². The minimum Gasteiger partial charge on any atom is -0.382 e. The van der Waals surface area contributed by atoms with Crippen molar-refractivity contribution in [2.24, 2.45) is 0 Å². The molecule has 0 radical (unpaired) electrons. The Hall–Kier alpha value is -3.13. The zero-order chi connectivity index (χ0) is 20.6. The van der Waals surface area contributed by atoms with E-state index >= 15 is 0 Å². The van der Waals surface area contributed by atoms with E-state index in [9.17, 15) is 9.18 Å². The standard InChI is InChI=1S/C21H22FN5OS/c1-2-12-29-21-16(4-3-11-24-21)20(28)26-17-9-10-18(27-19(17)23)25-13-14-5-7-15(22)8-6-14/h3-11H,2,12-13H2,1H3,(H,26,28)(H3,23,25,27). The molecule has 0 bridgehead atoms. The van der Waals surface area contributed by atoms with Gasteiger partial charge in [0.15, 0.2) is 0 Å². The van der Waals surface area contributed by atoms with E-state index < -0.39 is 0 Å². The number of amides is 1. The first kappa shape index (κ1) is 20.6. The van der Waals surface area contributed by atoms with Crippen LogP contribution in [0.3, 0.4) is 0 Å². The van der Waals surface area contributed by atoms with Gasteiger partial charge in [-0.25, -0.2) is 14.4 Å². The number of hydrogen-bond acceptors (Lipinski definition) is 6. The summed E-state index contributed by atoms with van der Waals surface area (Å²) < 4.78 is 13.0. The van der Waals surface area contributed by atoms with Crippen molar-refractivity contribution in [1.82, 2.24) is 9.97 Å². The van der Waals surface area contributed by atoms with Gasteiger partial charge in [-0.2, -0.15) is 0 Å². The summed E-state index contributed by atoms with van der Waals surface area (Å²) in [6.07, 6.45) is 2.66. The van der Waals surface area contributed by atoms with Gasteiger partial charge in [-0.05, 0) is 54.1 Å². The summed E-state index contributed by atoms with van der Waals surface area (Å²) in [6, 6.07) is 13.1. The van der Waals surface area contributed by atoms with E-state index in [0.29, 0.717) is 28.6 Å². The number of pyridine rings is 2. The molecule has 0 fully saturated rings. The van der Waals surface area contributed by atoms with Gasteiger partial charge in [-0.3, -0.25) is 4.79 Å². The molecule has 2 heterocycles. The van der Waals surface area contributed by atoms with Gasteiger partial charge in [0.1, 0.15) is 22.5 Å². The number of nitrogens with two attached hydrogens (primary N) is 1. The molecule has 3 rings (SSSR count). The molecule has 0 atom stereocenters. The Balaban J connectivity index is 1.66. The van der Waals surface area contributed by atoms with Crippen molar-refractivity contribution in [3.8, 4) is 0 Å². The van der Waals surface area contributed by atoms with Crippen LogP contribution >= 0.6 is 11.8 Å². The lowest BCUT2D eigenvalue weighted by Gasteiger charge is -2.12. The molecule has 150 valence electrons. The smallest absolute Gasteiger partial charge is 0.258 e. The number of aromatic nitrogens is 2. The molecule has 0 aliphatic heterocycles. The Morgan fingerprint density at radius 3 is 2.69 bits per heavy atom. The third-order valence-corrected chi connectivity index (χ3v) is 5.23. The normalized spacial score (nSPS) is 10.6. The summed E-state index contributed by atoms with van der Waals surface area (Å²) in [6.45, 7) is 2.56. The highest BCUT2D eigenvalue weighted by molar-refractivity contribution is 7.99. The lowest BCUT2D eigenvalue weighted by molar-refractivity contribution is 0.102. The number of carbonyl (C=O) groups excluding carboxylic acids is 1. The van der Waals surface area contributed by atoms with Gasteiger partial charge in [0.25, 0.3) is 5.91 Å². The summed E-state index contributed by atoms with van der Waals surface area (Å²) in [5.74, 6) is 1.09. The molecule has 0 spiro atoms. The predicted molar refractivity (Wildman–Crippen MR) is 116 cm³/mol.